The van der Waals surface area contributed by atoms with Crippen molar-refractivity contribution >= 4 is 27.6 Å². The van der Waals surface area contributed by atoms with Gasteiger partial charge in [0.05, 0.1) is 0 Å². The van der Waals surface area contributed by atoms with E-state index in [1.807, 2.05) is 6.08 Å². The molecule has 0 aliphatic rings. The minimum Gasteiger partial charge on any atom is -0.0985 e. The van der Waals surface area contributed by atoms with Crippen LogP contribution in [0.5, 0.6) is 0 Å². The van der Waals surface area contributed by atoms with Crippen molar-refractivity contribution in [1.82, 2.24) is 0 Å². The van der Waals surface area contributed by atoms with E-state index in [-0.39, 0.29) is 0 Å². The van der Waals surface area contributed by atoms with Crippen LogP contribution in [-0.2, 0) is 0 Å². The van der Waals surface area contributed by atoms with E-state index in [1.54, 1.807) is 0 Å². The van der Waals surface area contributed by atoms with Gasteiger partial charge in [0.1, 0.15) is 0 Å². The molecule has 0 amide bonds. The van der Waals surface area contributed by atoms with Crippen LogP contribution in [-0.4, -0.2) is 0 Å². The number of hydrogen-bond donors (Lipinski definition) is 0. The molecule has 0 spiro atoms. The van der Waals surface area contributed by atoms with E-state index in [2.05, 4.69) is 110 Å². The molecule has 0 saturated carbocycles. The van der Waals surface area contributed by atoms with E-state index in [0.717, 1.165) is 5.56 Å². The van der Waals surface area contributed by atoms with Gasteiger partial charge < -0.3 is 0 Å². The summed E-state index contributed by atoms with van der Waals surface area (Å²) in [5.41, 5.74) is 6.20. The van der Waals surface area contributed by atoms with Crippen molar-refractivity contribution < 1.29 is 0 Å². The van der Waals surface area contributed by atoms with E-state index in [9.17, 15) is 0 Å². The molecule has 0 atom stereocenters. The van der Waals surface area contributed by atoms with Gasteiger partial charge in [0.15, 0.2) is 0 Å². The van der Waals surface area contributed by atoms with Gasteiger partial charge in [-0.3, -0.25) is 0 Å². The third-order valence-corrected chi connectivity index (χ3v) is 5.40. The molecular weight excluding hydrogens is 336 g/mol. The summed E-state index contributed by atoms with van der Waals surface area (Å²) in [6.45, 7) is 3.94. The average molecular weight is 356 g/mol. The Hall–Kier alpha value is -3.64. The third kappa shape index (κ3) is 2.62. The first-order chi connectivity index (χ1) is 13.9. The van der Waals surface area contributed by atoms with Gasteiger partial charge in [-0.1, -0.05) is 110 Å². The summed E-state index contributed by atoms with van der Waals surface area (Å²) in [5, 5.41) is 5.13. The van der Waals surface area contributed by atoms with Gasteiger partial charge in [0.25, 0.3) is 0 Å². The first kappa shape index (κ1) is 16.5. The lowest BCUT2D eigenvalue weighted by Crippen LogP contribution is -1.90. The minimum absolute atomic E-state index is 1.14. The zero-order valence-corrected chi connectivity index (χ0v) is 15.6. The molecule has 0 aliphatic carbocycles. The standard InChI is InChI=1S/C28H20/c1-2-20-11-10-14-22(19-20)28-25-17-8-6-15-23(25)27(21-12-4-3-5-13-21)24-16-7-9-18-26(24)28/h2-19H,1H2. The maximum Gasteiger partial charge on any atom is -0.00262 e. The molecular formula is C28H20. The van der Waals surface area contributed by atoms with Gasteiger partial charge in [-0.25, -0.2) is 0 Å². The number of hydrogen-bond acceptors (Lipinski definition) is 0. The van der Waals surface area contributed by atoms with Crippen LogP contribution in [0.25, 0.3) is 49.9 Å². The lowest BCUT2D eigenvalue weighted by molar-refractivity contribution is 1.63. The molecule has 0 aromatic heterocycles. The smallest absolute Gasteiger partial charge is 0.00262 e. The van der Waals surface area contributed by atoms with Crippen molar-refractivity contribution in [3.05, 3.63) is 115 Å². The molecule has 132 valence electrons. The van der Waals surface area contributed by atoms with Crippen molar-refractivity contribution in [2.75, 3.05) is 0 Å². The van der Waals surface area contributed by atoms with Crippen LogP contribution in [0.2, 0.25) is 0 Å². The highest BCUT2D eigenvalue weighted by Crippen LogP contribution is 2.43. The zero-order chi connectivity index (χ0) is 18.9. The Morgan fingerprint density at radius 2 is 0.929 bits per heavy atom. The van der Waals surface area contributed by atoms with Crippen molar-refractivity contribution in [2.45, 2.75) is 0 Å². The van der Waals surface area contributed by atoms with Crippen LogP contribution in [0, 0.1) is 0 Å². The lowest BCUT2D eigenvalue weighted by Gasteiger charge is -2.17. The highest BCUT2D eigenvalue weighted by Gasteiger charge is 2.15. The molecule has 0 nitrogen and oxygen atoms in total. The van der Waals surface area contributed by atoms with Crippen LogP contribution >= 0.6 is 0 Å². The van der Waals surface area contributed by atoms with Crippen molar-refractivity contribution in [2.24, 2.45) is 0 Å². The molecule has 0 bridgehead atoms. The van der Waals surface area contributed by atoms with Crippen LogP contribution < -0.4 is 0 Å². The molecule has 0 aliphatic heterocycles. The van der Waals surface area contributed by atoms with Crippen LogP contribution in [0.15, 0.2) is 110 Å². The number of fused-ring (bicyclic) bond motifs is 2. The van der Waals surface area contributed by atoms with E-state index in [0.29, 0.717) is 0 Å². The first-order valence-electron chi connectivity index (χ1n) is 9.58. The van der Waals surface area contributed by atoms with Crippen LogP contribution in [0.1, 0.15) is 5.56 Å². The van der Waals surface area contributed by atoms with E-state index >= 15 is 0 Å². The van der Waals surface area contributed by atoms with E-state index in [1.165, 1.54) is 43.8 Å². The molecule has 0 unspecified atom stereocenters. The predicted molar refractivity (Wildman–Crippen MR) is 122 cm³/mol. The quantitative estimate of drug-likeness (QED) is 0.288. The molecule has 5 rings (SSSR count). The molecule has 0 radical (unpaired) electrons. The largest absolute Gasteiger partial charge is 0.0985 e. The second-order valence-electron chi connectivity index (χ2n) is 7.04. The van der Waals surface area contributed by atoms with Crippen molar-refractivity contribution in [1.29, 1.82) is 0 Å². The molecule has 5 aromatic carbocycles. The summed E-state index contributed by atoms with van der Waals surface area (Å²) in [7, 11) is 0. The Morgan fingerprint density at radius 3 is 1.46 bits per heavy atom. The Balaban J connectivity index is 1.99. The second-order valence-corrected chi connectivity index (χ2v) is 7.04. The topological polar surface area (TPSA) is 0 Å². The van der Waals surface area contributed by atoms with Gasteiger partial charge in [-0.05, 0) is 55.4 Å². The molecule has 0 fully saturated rings. The zero-order valence-electron chi connectivity index (χ0n) is 15.6. The summed E-state index contributed by atoms with van der Waals surface area (Å²) in [6, 6.07) is 36.8. The number of benzene rings is 5. The molecule has 0 heteroatoms. The molecule has 0 saturated heterocycles. The van der Waals surface area contributed by atoms with Gasteiger partial charge in [-0.2, -0.15) is 0 Å². The van der Waals surface area contributed by atoms with Crippen molar-refractivity contribution in [3.63, 3.8) is 0 Å². The normalized spacial score (nSPS) is 11.0. The molecule has 28 heavy (non-hydrogen) atoms. The highest BCUT2D eigenvalue weighted by atomic mass is 14.2. The van der Waals surface area contributed by atoms with Crippen LogP contribution in [0.3, 0.4) is 0 Å². The Labute approximate surface area is 165 Å². The highest BCUT2D eigenvalue weighted by molar-refractivity contribution is 6.21. The Kier molecular flexibility index (Phi) is 4.03. The Morgan fingerprint density at radius 1 is 0.464 bits per heavy atom. The summed E-state index contributed by atoms with van der Waals surface area (Å²) in [5.74, 6) is 0. The molecule has 5 aromatic rings. The fourth-order valence-electron chi connectivity index (χ4n) is 4.18. The number of rotatable bonds is 3. The first-order valence-corrected chi connectivity index (χ1v) is 9.58. The van der Waals surface area contributed by atoms with Gasteiger partial charge >= 0.3 is 0 Å². The summed E-state index contributed by atoms with van der Waals surface area (Å²) < 4.78 is 0. The second kappa shape index (κ2) is 6.83. The van der Waals surface area contributed by atoms with E-state index < -0.39 is 0 Å². The van der Waals surface area contributed by atoms with Gasteiger partial charge in [0.2, 0.25) is 0 Å². The third-order valence-electron chi connectivity index (χ3n) is 5.40. The monoisotopic (exact) mass is 356 g/mol. The van der Waals surface area contributed by atoms with E-state index in [4.69, 9.17) is 0 Å². The van der Waals surface area contributed by atoms with Gasteiger partial charge in [-0.15, -0.1) is 0 Å². The summed E-state index contributed by atoms with van der Waals surface area (Å²) in [6.07, 6.45) is 1.91. The summed E-state index contributed by atoms with van der Waals surface area (Å²) in [4.78, 5) is 0. The average Bonchev–Trinajstić information content (AvgIpc) is 2.78. The fourth-order valence-corrected chi connectivity index (χ4v) is 4.18. The SMILES string of the molecule is C=Cc1cccc(-c2c3ccccc3c(-c3ccccc3)c3ccccc23)c1. The predicted octanol–water partition coefficient (Wildman–Crippen LogP) is 7.97. The molecule has 0 N–H and O–H groups in total. The van der Waals surface area contributed by atoms with Crippen molar-refractivity contribution in [3.8, 4) is 22.3 Å². The van der Waals surface area contributed by atoms with Gasteiger partial charge in [0, 0.05) is 0 Å². The minimum atomic E-state index is 1.14. The van der Waals surface area contributed by atoms with Crippen LogP contribution in [0.4, 0.5) is 0 Å². The fraction of sp³-hybridized carbons (Fsp3) is 0. The lowest BCUT2D eigenvalue weighted by atomic mass is 9.86. The maximum absolute atomic E-state index is 3.94. The molecule has 0 heterocycles. The summed E-state index contributed by atoms with van der Waals surface area (Å²) >= 11 is 0. The maximum atomic E-state index is 3.94. The Bertz CT molecular complexity index is 1250.